The highest BCUT2D eigenvalue weighted by Crippen LogP contribution is 2.31. The Morgan fingerprint density at radius 1 is 0.800 bits per heavy atom. The van der Waals surface area contributed by atoms with E-state index in [0.717, 1.165) is 5.56 Å². The van der Waals surface area contributed by atoms with Crippen LogP contribution < -0.4 is 9.47 Å². The molecular weight excluding hydrogens is 310 g/mol. The molecule has 25 heavy (non-hydrogen) atoms. The maximum Gasteiger partial charge on any atom is 0.163 e. The molecule has 0 aliphatic heterocycles. The first-order chi connectivity index (χ1) is 12.2. The van der Waals surface area contributed by atoms with Crippen LogP contribution in [0.1, 0.15) is 11.1 Å². The predicted octanol–water partition coefficient (Wildman–Crippen LogP) is 1.80. The van der Waals surface area contributed by atoms with Crippen molar-refractivity contribution in [3.63, 3.8) is 0 Å². The third kappa shape index (κ3) is 6.30. The van der Waals surface area contributed by atoms with Gasteiger partial charge < -0.3 is 9.47 Å². The largest absolute Gasteiger partial charge is 0.477 e. The molecule has 0 N–H and O–H groups in total. The first-order valence-corrected chi connectivity index (χ1v) is 7.55. The van der Waals surface area contributed by atoms with Gasteiger partial charge in [-0.15, -0.1) is 32.1 Å². The summed E-state index contributed by atoms with van der Waals surface area (Å²) < 4.78 is 11.0. The second-order valence-corrected chi connectivity index (χ2v) is 4.95. The molecule has 124 valence electrons. The van der Waals surface area contributed by atoms with E-state index in [1.807, 2.05) is 11.0 Å². The van der Waals surface area contributed by atoms with Crippen molar-refractivity contribution in [2.24, 2.45) is 0 Å². The lowest BCUT2D eigenvalue weighted by molar-refractivity contribution is 0.313. The minimum absolute atomic E-state index is 0.105. The number of benzene rings is 1. The molecule has 0 spiro atoms. The monoisotopic (exact) mass is 329 g/mol. The molecule has 1 aromatic carbocycles. The standard InChI is InChI=1S/C22H19NO2/c1-6-12-23(13-7-2)14-11-20-18-22(25-16-9-4)21(24-15-8-3)17-19(20)10-5/h1-5,17-18H,11-16H2. The van der Waals surface area contributed by atoms with Gasteiger partial charge in [-0.3, -0.25) is 4.90 Å². The molecule has 0 unspecified atom stereocenters. The zero-order valence-corrected chi connectivity index (χ0v) is 14.0. The number of hydrogen-bond acceptors (Lipinski definition) is 3. The molecule has 1 rings (SSSR count). The summed E-state index contributed by atoms with van der Waals surface area (Å²) in [4.78, 5) is 1.98. The lowest BCUT2D eigenvalue weighted by Gasteiger charge is -2.18. The summed E-state index contributed by atoms with van der Waals surface area (Å²) >= 11 is 0. The van der Waals surface area contributed by atoms with Crippen molar-refractivity contribution < 1.29 is 9.47 Å². The Balaban J connectivity index is 3.07. The maximum absolute atomic E-state index is 5.62. The van der Waals surface area contributed by atoms with Gasteiger partial charge in [0.1, 0.15) is 13.2 Å². The predicted molar refractivity (Wildman–Crippen MR) is 101 cm³/mol. The molecule has 0 radical (unpaired) electrons. The van der Waals surface area contributed by atoms with Gasteiger partial charge in [0.15, 0.2) is 11.5 Å². The topological polar surface area (TPSA) is 21.7 Å². The molecule has 0 aliphatic carbocycles. The van der Waals surface area contributed by atoms with Gasteiger partial charge in [0.05, 0.1) is 13.1 Å². The van der Waals surface area contributed by atoms with Crippen molar-refractivity contribution in [3.8, 4) is 73.2 Å². The van der Waals surface area contributed by atoms with Gasteiger partial charge in [-0.1, -0.05) is 29.6 Å². The van der Waals surface area contributed by atoms with Crippen molar-refractivity contribution in [1.82, 2.24) is 4.90 Å². The van der Waals surface area contributed by atoms with Crippen molar-refractivity contribution in [3.05, 3.63) is 23.3 Å². The second kappa shape index (κ2) is 11.2. The molecule has 0 aliphatic rings. The zero-order valence-electron chi connectivity index (χ0n) is 14.0. The number of rotatable bonds is 9. The Kier molecular flexibility index (Phi) is 8.77. The summed E-state index contributed by atoms with van der Waals surface area (Å²) in [6.07, 6.45) is 27.5. The van der Waals surface area contributed by atoms with E-state index >= 15 is 0 Å². The first-order valence-electron chi connectivity index (χ1n) is 7.55. The molecule has 0 fully saturated rings. The van der Waals surface area contributed by atoms with Crippen LogP contribution in [0.4, 0.5) is 0 Å². The van der Waals surface area contributed by atoms with Gasteiger partial charge in [-0.25, -0.2) is 0 Å². The van der Waals surface area contributed by atoms with Gasteiger partial charge in [0.25, 0.3) is 0 Å². The highest BCUT2D eigenvalue weighted by Gasteiger charge is 2.12. The fourth-order valence-corrected chi connectivity index (χ4v) is 2.16. The van der Waals surface area contributed by atoms with E-state index in [2.05, 4.69) is 29.6 Å². The summed E-state index contributed by atoms with van der Waals surface area (Å²) in [6.45, 7) is 1.83. The van der Waals surface area contributed by atoms with Crippen LogP contribution in [0.25, 0.3) is 0 Å². The van der Waals surface area contributed by atoms with Crippen LogP contribution in [0, 0.1) is 61.7 Å². The molecule has 0 bridgehead atoms. The molecular formula is C22H19NO2. The Morgan fingerprint density at radius 3 is 1.84 bits per heavy atom. The van der Waals surface area contributed by atoms with Crippen molar-refractivity contribution >= 4 is 0 Å². The van der Waals surface area contributed by atoms with E-state index in [1.54, 1.807) is 6.07 Å². The molecule has 3 nitrogen and oxygen atoms in total. The highest BCUT2D eigenvalue weighted by atomic mass is 16.5. The van der Waals surface area contributed by atoms with Crippen LogP contribution in [-0.2, 0) is 6.42 Å². The first kappa shape index (κ1) is 19.6. The lowest BCUT2D eigenvalue weighted by atomic mass is 10.0. The van der Waals surface area contributed by atoms with Crippen molar-refractivity contribution in [1.29, 1.82) is 0 Å². The van der Waals surface area contributed by atoms with Crippen LogP contribution in [0.15, 0.2) is 12.1 Å². The molecule has 0 atom stereocenters. The fraction of sp³-hybridized carbons (Fsp3) is 0.273. The van der Waals surface area contributed by atoms with Gasteiger partial charge in [0, 0.05) is 12.1 Å². The number of terminal acetylenes is 5. The average molecular weight is 329 g/mol. The van der Waals surface area contributed by atoms with E-state index in [1.165, 1.54) is 0 Å². The average Bonchev–Trinajstić information content (AvgIpc) is 2.63. The molecule has 3 heteroatoms. The Morgan fingerprint density at radius 2 is 1.36 bits per heavy atom. The highest BCUT2D eigenvalue weighted by molar-refractivity contribution is 5.53. The Hall–Kier alpha value is -3.42. The van der Waals surface area contributed by atoms with Crippen LogP contribution in [0.3, 0.4) is 0 Å². The third-order valence-electron chi connectivity index (χ3n) is 3.27. The number of hydrogen-bond donors (Lipinski definition) is 0. The molecule has 0 heterocycles. The fourth-order valence-electron chi connectivity index (χ4n) is 2.16. The Bertz CT molecular complexity index is 772. The van der Waals surface area contributed by atoms with Gasteiger partial charge >= 0.3 is 0 Å². The van der Waals surface area contributed by atoms with Crippen LogP contribution in [0.5, 0.6) is 11.5 Å². The normalized spacial score (nSPS) is 9.12. The smallest absolute Gasteiger partial charge is 0.163 e. The van der Waals surface area contributed by atoms with Crippen molar-refractivity contribution in [2.75, 3.05) is 32.8 Å². The summed E-state index contributed by atoms with van der Waals surface area (Å²) in [7, 11) is 0. The summed E-state index contributed by atoms with van der Waals surface area (Å²) in [5, 5.41) is 0. The van der Waals surface area contributed by atoms with Crippen LogP contribution in [0.2, 0.25) is 0 Å². The Labute approximate surface area is 150 Å². The van der Waals surface area contributed by atoms with Gasteiger partial charge in [-0.05, 0) is 24.1 Å². The minimum atomic E-state index is 0.105. The SMILES string of the molecule is C#CCOc1cc(C#C)c(CCN(CC#C)CC#C)cc1OCC#C. The number of nitrogens with zero attached hydrogens (tertiary/aromatic N) is 1. The summed E-state index contributed by atoms with van der Waals surface area (Å²) in [5.74, 6) is 13.6. The van der Waals surface area contributed by atoms with E-state index in [-0.39, 0.29) is 13.2 Å². The third-order valence-corrected chi connectivity index (χ3v) is 3.27. The van der Waals surface area contributed by atoms with E-state index in [4.69, 9.17) is 41.6 Å². The molecule has 0 saturated carbocycles. The number of ether oxygens (including phenoxy) is 2. The summed E-state index contributed by atoms with van der Waals surface area (Å²) in [6, 6.07) is 3.55. The van der Waals surface area contributed by atoms with E-state index in [0.29, 0.717) is 43.1 Å². The zero-order chi connectivity index (χ0) is 18.5. The van der Waals surface area contributed by atoms with Crippen molar-refractivity contribution in [2.45, 2.75) is 6.42 Å². The quantitative estimate of drug-likeness (QED) is 0.645. The molecule has 0 aromatic heterocycles. The van der Waals surface area contributed by atoms with Gasteiger partial charge in [-0.2, -0.15) is 0 Å². The molecule has 1 aromatic rings. The van der Waals surface area contributed by atoms with E-state index in [9.17, 15) is 0 Å². The summed E-state index contributed by atoms with van der Waals surface area (Å²) in [5.41, 5.74) is 1.61. The maximum atomic E-state index is 5.62. The minimum Gasteiger partial charge on any atom is -0.477 e. The van der Waals surface area contributed by atoms with Crippen LogP contribution >= 0.6 is 0 Å². The lowest BCUT2D eigenvalue weighted by Crippen LogP contribution is -2.27. The second-order valence-electron chi connectivity index (χ2n) is 4.95. The van der Waals surface area contributed by atoms with Crippen LogP contribution in [-0.4, -0.2) is 37.7 Å². The van der Waals surface area contributed by atoms with E-state index < -0.39 is 0 Å². The van der Waals surface area contributed by atoms with Gasteiger partial charge in [0.2, 0.25) is 0 Å². The molecule has 0 amide bonds. The molecule has 0 saturated heterocycles.